The molecule has 94 valence electrons. The maximum absolute atomic E-state index is 11.9. The Labute approximate surface area is 98.8 Å². The maximum atomic E-state index is 11.9. The molecule has 2 N–H and O–H groups in total. The summed E-state index contributed by atoms with van der Waals surface area (Å²) in [5.41, 5.74) is 5.78. The Balaban J connectivity index is 2.48. The van der Waals surface area contributed by atoms with Crippen LogP contribution in [0.1, 0.15) is 33.6 Å². The van der Waals surface area contributed by atoms with Crippen molar-refractivity contribution in [3.8, 4) is 0 Å². The first kappa shape index (κ1) is 13.5. The van der Waals surface area contributed by atoms with E-state index >= 15 is 0 Å². The molecule has 1 saturated heterocycles. The molecule has 0 radical (unpaired) electrons. The third-order valence-corrected chi connectivity index (χ3v) is 3.56. The van der Waals surface area contributed by atoms with Crippen molar-refractivity contribution < 1.29 is 4.79 Å². The fourth-order valence-electron chi connectivity index (χ4n) is 2.39. The van der Waals surface area contributed by atoms with Crippen LogP contribution in [0.25, 0.3) is 0 Å². The van der Waals surface area contributed by atoms with Crippen LogP contribution in [0.15, 0.2) is 0 Å². The smallest absolute Gasteiger partial charge is 0.239 e. The van der Waals surface area contributed by atoms with Crippen LogP contribution >= 0.6 is 0 Å². The first-order chi connectivity index (χ1) is 7.63. The summed E-state index contributed by atoms with van der Waals surface area (Å²) in [6, 6.07) is 0.221. The van der Waals surface area contributed by atoms with Gasteiger partial charge in [0, 0.05) is 19.1 Å². The molecule has 1 fully saturated rings. The monoisotopic (exact) mass is 227 g/mol. The SMILES string of the molecule is CC[C@H](N)C(=O)N1CCC(N(CC)CC)C1. The van der Waals surface area contributed by atoms with Gasteiger partial charge < -0.3 is 10.6 Å². The Kier molecular flexibility index (Phi) is 5.22. The van der Waals surface area contributed by atoms with Gasteiger partial charge in [-0.15, -0.1) is 0 Å². The lowest BCUT2D eigenvalue weighted by atomic mass is 10.2. The molecule has 16 heavy (non-hydrogen) atoms. The predicted molar refractivity (Wildman–Crippen MR) is 66.2 cm³/mol. The number of rotatable bonds is 5. The van der Waals surface area contributed by atoms with Crippen LogP contribution in [-0.2, 0) is 4.79 Å². The minimum atomic E-state index is -0.310. The third-order valence-electron chi connectivity index (χ3n) is 3.56. The highest BCUT2D eigenvalue weighted by molar-refractivity contribution is 5.81. The molecule has 0 spiro atoms. The number of likely N-dealkylation sites (tertiary alicyclic amines) is 1. The molecule has 1 aliphatic heterocycles. The average molecular weight is 227 g/mol. The van der Waals surface area contributed by atoms with Crippen molar-refractivity contribution in [3.05, 3.63) is 0 Å². The predicted octanol–water partition coefficient (Wildman–Crippen LogP) is 0.666. The van der Waals surface area contributed by atoms with Crippen molar-refractivity contribution >= 4 is 5.91 Å². The second-order valence-corrected chi connectivity index (χ2v) is 4.46. The molecule has 1 aliphatic rings. The first-order valence-electron chi connectivity index (χ1n) is 6.42. The van der Waals surface area contributed by atoms with E-state index in [1.54, 1.807) is 0 Å². The normalized spacial score (nSPS) is 22.8. The standard InChI is InChI=1S/C12H25N3O/c1-4-11(13)12(16)15-8-7-10(9-15)14(5-2)6-3/h10-11H,4-9,13H2,1-3H3/t10?,11-/m0/s1. The van der Waals surface area contributed by atoms with Crippen LogP contribution in [0, 0.1) is 0 Å². The largest absolute Gasteiger partial charge is 0.340 e. The topological polar surface area (TPSA) is 49.6 Å². The summed E-state index contributed by atoms with van der Waals surface area (Å²) in [5.74, 6) is 0.122. The van der Waals surface area contributed by atoms with E-state index in [4.69, 9.17) is 5.73 Å². The van der Waals surface area contributed by atoms with E-state index < -0.39 is 0 Å². The van der Waals surface area contributed by atoms with Crippen molar-refractivity contribution in [2.45, 2.75) is 45.7 Å². The molecule has 4 heteroatoms. The van der Waals surface area contributed by atoms with Crippen LogP contribution in [0.2, 0.25) is 0 Å². The number of carbonyl (C=O) groups is 1. The molecule has 0 aromatic rings. The molecular weight excluding hydrogens is 202 g/mol. The van der Waals surface area contributed by atoms with E-state index in [1.165, 1.54) is 0 Å². The second kappa shape index (κ2) is 6.21. The van der Waals surface area contributed by atoms with Gasteiger partial charge in [-0.2, -0.15) is 0 Å². The molecule has 2 atom stereocenters. The summed E-state index contributed by atoms with van der Waals surface area (Å²) in [5, 5.41) is 0. The van der Waals surface area contributed by atoms with Crippen LogP contribution in [0.4, 0.5) is 0 Å². The van der Waals surface area contributed by atoms with E-state index in [0.717, 1.165) is 39.0 Å². The zero-order valence-corrected chi connectivity index (χ0v) is 10.8. The zero-order chi connectivity index (χ0) is 12.1. The number of carbonyl (C=O) groups excluding carboxylic acids is 1. The summed E-state index contributed by atoms with van der Waals surface area (Å²) in [7, 11) is 0. The third kappa shape index (κ3) is 2.95. The number of likely N-dealkylation sites (N-methyl/N-ethyl adjacent to an activating group) is 1. The van der Waals surface area contributed by atoms with Crippen LogP contribution < -0.4 is 5.73 Å². The molecule has 1 amide bonds. The van der Waals surface area contributed by atoms with E-state index in [1.807, 2.05) is 11.8 Å². The summed E-state index contributed by atoms with van der Waals surface area (Å²) in [6.07, 6.45) is 1.81. The summed E-state index contributed by atoms with van der Waals surface area (Å²) >= 11 is 0. The Morgan fingerprint density at radius 2 is 2.06 bits per heavy atom. The van der Waals surface area contributed by atoms with Crippen molar-refractivity contribution in [3.63, 3.8) is 0 Å². The molecule has 0 saturated carbocycles. The molecule has 4 nitrogen and oxygen atoms in total. The van der Waals surface area contributed by atoms with E-state index in [9.17, 15) is 4.79 Å². The van der Waals surface area contributed by atoms with Gasteiger partial charge >= 0.3 is 0 Å². The lowest BCUT2D eigenvalue weighted by molar-refractivity contribution is -0.131. The molecule has 0 aromatic heterocycles. The summed E-state index contributed by atoms with van der Waals surface area (Å²) in [6.45, 7) is 10.1. The average Bonchev–Trinajstić information content (AvgIpc) is 2.78. The van der Waals surface area contributed by atoms with Gasteiger partial charge in [0.15, 0.2) is 0 Å². The van der Waals surface area contributed by atoms with Gasteiger partial charge in [-0.05, 0) is 25.9 Å². The zero-order valence-electron chi connectivity index (χ0n) is 10.8. The number of nitrogens with zero attached hydrogens (tertiary/aromatic N) is 2. The second-order valence-electron chi connectivity index (χ2n) is 4.46. The molecule has 1 unspecified atom stereocenters. The molecule has 0 bridgehead atoms. The van der Waals surface area contributed by atoms with E-state index in [-0.39, 0.29) is 11.9 Å². The molecule has 0 aliphatic carbocycles. The maximum Gasteiger partial charge on any atom is 0.239 e. The van der Waals surface area contributed by atoms with Crippen molar-refractivity contribution in [2.75, 3.05) is 26.2 Å². The van der Waals surface area contributed by atoms with Gasteiger partial charge in [-0.3, -0.25) is 9.69 Å². The van der Waals surface area contributed by atoms with Gasteiger partial charge in [0.25, 0.3) is 0 Å². The van der Waals surface area contributed by atoms with Crippen molar-refractivity contribution in [2.24, 2.45) is 5.73 Å². The number of hydrogen-bond acceptors (Lipinski definition) is 3. The molecule has 1 heterocycles. The van der Waals surface area contributed by atoms with Crippen LogP contribution in [-0.4, -0.2) is 54.0 Å². The highest BCUT2D eigenvalue weighted by Gasteiger charge is 2.30. The molecule has 0 aromatic carbocycles. The van der Waals surface area contributed by atoms with Gasteiger partial charge in [0.05, 0.1) is 6.04 Å². The number of hydrogen-bond donors (Lipinski definition) is 1. The number of nitrogens with two attached hydrogens (primary N) is 1. The van der Waals surface area contributed by atoms with Gasteiger partial charge in [-0.25, -0.2) is 0 Å². The fourth-order valence-corrected chi connectivity index (χ4v) is 2.39. The summed E-state index contributed by atoms with van der Waals surface area (Å²) in [4.78, 5) is 16.3. The molecular formula is C12H25N3O. The van der Waals surface area contributed by atoms with E-state index in [2.05, 4.69) is 18.7 Å². The van der Waals surface area contributed by atoms with Gasteiger partial charge in [-0.1, -0.05) is 20.8 Å². The van der Waals surface area contributed by atoms with E-state index in [0.29, 0.717) is 6.04 Å². The van der Waals surface area contributed by atoms with Gasteiger partial charge in [0.1, 0.15) is 0 Å². The Bertz CT molecular complexity index is 228. The highest BCUT2D eigenvalue weighted by Crippen LogP contribution is 2.16. The lowest BCUT2D eigenvalue weighted by Gasteiger charge is -2.26. The minimum Gasteiger partial charge on any atom is -0.340 e. The molecule has 1 rings (SSSR count). The van der Waals surface area contributed by atoms with Crippen LogP contribution in [0.3, 0.4) is 0 Å². The first-order valence-corrected chi connectivity index (χ1v) is 6.42. The van der Waals surface area contributed by atoms with Crippen molar-refractivity contribution in [1.82, 2.24) is 9.80 Å². The Hall–Kier alpha value is -0.610. The Morgan fingerprint density at radius 1 is 1.44 bits per heavy atom. The van der Waals surface area contributed by atoms with Gasteiger partial charge in [0.2, 0.25) is 5.91 Å². The van der Waals surface area contributed by atoms with Crippen LogP contribution in [0.5, 0.6) is 0 Å². The lowest BCUT2D eigenvalue weighted by Crippen LogP contribution is -2.44. The number of amides is 1. The minimum absolute atomic E-state index is 0.122. The summed E-state index contributed by atoms with van der Waals surface area (Å²) < 4.78 is 0. The quantitative estimate of drug-likeness (QED) is 0.751. The fraction of sp³-hybridized carbons (Fsp3) is 0.917. The van der Waals surface area contributed by atoms with Crippen molar-refractivity contribution in [1.29, 1.82) is 0 Å². The highest BCUT2D eigenvalue weighted by atomic mass is 16.2. The Morgan fingerprint density at radius 3 is 2.56 bits per heavy atom.